The monoisotopic (exact) mass is 177 g/mol. The molecule has 1 saturated carbocycles. The fraction of sp³-hybridized carbons (Fsp3) is 0.500. The Kier molecular flexibility index (Phi) is 2.19. The number of rotatable bonds is 2. The first-order valence-corrected chi connectivity index (χ1v) is 4.74. The second-order valence-corrected chi connectivity index (χ2v) is 3.72. The van der Waals surface area contributed by atoms with Crippen LogP contribution in [0.5, 0.6) is 0 Å². The van der Waals surface area contributed by atoms with Crippen LogP contribution in [0.1, 0.15) is 30.9 Å². The number of nitrogens with zero attached hydrogens (tertiary/aromatic N) is 1. The second-order valence-electron chi connectivity index (χ2n) is 3.72. The van der Waals surface area contributed by atoms with E-state index in [1.165, 1.54) is 19.3 Å². The lowest BCUT2D eigenvalue weighted by Gasteiger charge is -2.31. The van der Waals surface area contributed by atoms with Gasteiger partial charge in [0.2, 0.25) is 0 Å². The van der Waals surface area contributed by atoms with Crippen molar-refractivity contribution in [1.82, 2.24) is 4.98 Å². The summed E-state index contributed by atoms with van der Waals surface area (Å²) in [4.78, 5) is 4.05. The van der Waals surface area contributed by atoms with Crippen molar-refractivity contribution in [2.24, 2.45) is 11.7 Å². The van der Waals surface area contributed by atoms with Crippen LogP contribution in [-0.4, -0.2) is 4.98 Å². The molecule has 0 aromatic carbocycles. The summed E-state index contributed by atoms with van der Waals surface area (Å²) in [5.41, 5.74) is 13.7. The van der Waals surface area contributed by atoms with Crippen LogP contribution >= 0.6 is 0 Å². The molecule has 3 heteroatoms. The summed E-state index contributed by atoms with van der Waals surface area (Å²) >= 11 is 0. The van der Waals surface area contributed by atoms with Gasteiger partial charge in [0.1, 0.15) is 0 Å². The third-order valence-corrected chi connectivity index (χ3v) is 2.90. The van der Waals surface area contributed by atoms with E-state index >= 15 is 0 Å². The highest BCUT2D eigenvalue weighted by molar-refractivity contribution is 5.46. The van der Waals surface area contributed by atoms with Crippen LogP contribution in [0, 0.1) is 5.92 Å². The minimum atomic E-state index is 0.0856. The highest BCUT2D eigenvalue weighted by Crippen LogP contribution is 2.37. The van der Waals surface area contributed by atoms with Crippen molar-refractivity contribution in [1.29, 1.82) is 0 Å². The van der Waals surface area contributed by atoms with E-state index in [1.807, 2.05) is 6.07 Å². The van der Waals surface area contributed by atoms with Gasteiger partial charge in [-0.2, -0.15) is 0 Å². The van der Waals surface area contributed by atoms with Gasteiger partial charge in [0.25, 0.3) is 0 Å². The fourth-order valence-electron chi connectivity index (χ4n) is 1.75. The summed E-state index contributed by atoms with van der Waals surface area (Å²) in [5.74, 6) is 0.617. The SMILES string of the molecule is Nc1ccncc1C(N)C1CCC1. The molecule has 0 bridgehead atoms. The van der Waals surface area contributed by atoms with Crippen LogP contribution in [0.2, 0.25) is 0 Å². The molecule has 1 atom stereocenters. The topological polar surface area (TPSA) is 64.9 Å². The first kappa shape index (κ1) is 8.51. The number of pyridine rings is 1. The van der Waals surface area contributed by atoms with Crippen molar-refractivity contribution in [2.45, 2.75) is 25.3 Å². The van der Waals surface area contributed by atoms with Gasteiger partial charge in [-0.05, 0) is 24.8 Å². The maximum absolute atomic E-state index is 6.08. The lowest BCUT2D eigenvalue weighted by atomic mass is 9.77. The van der Waals surface area contributed by atoms with Crippen LogP contribution < -0.4 is 11.5 Å². The molecule has 1 fully saturated rings. The van der Waals surface area contributed by atoms with Crippen molar-refractivity contribution < 1.29 is 0 Å². The normalized spacial score (nSPS) is 19.5. The van der Waals surface area contributed by atoms with Crippen molar-refractivity contribution in [3.8, 4) is 0 Å². The molecule has 13 heavy (non-hydrogen) atoms. The lowest BCUT2D eigenvalue weighted by Crippen LogP contribution is -2.27. The van der Waals surface area contributed by atoms with E-state index in [0.29, 0.717) is 5.92 Å². The average Bonchev–Trinajstić information content (AvgIpc) is 2.01. The first-order chi connectivity index (χ1) is 6.29. The van der Waals surface area contributed by atoms with Crippen LogP contribution in [0.4, 0.5) is 5.69 Å². The van der Waals surface area contributed by atoms with Gasteiger partial charge in [-0.3, -0.25) is 4.98 Å². The third kappa shape index (κ3) is 1.52. The van der Waals surface area contributed by atoms with Crippen molar-refractivity contribution in [2.75, 3.05) is 5.73 Å². The number of hydrogen-bond donors (Lipinski definition) is 2. The molecule has 0 aliphatic heterocycles. The van der Waals surface area contributed by atoms with Gasteiger partial charge >= 0.3 is 0 Å². The molecule has 1 aliphatic carbocycles. The molecule has 0 spiro atoms. The smallest absolute Gasteiger partial charge is 0.0393 e. The predicted molar refractivity (Wildman–Crippen MR) is 52.9 cm³/mol. The van der Waals surface area contributed by atoms with E-state index in [1.54, 1.807) is 12.4 Å². The molecule has 1 aromatic rings. The molecule has 2 rings (SSSR count). The number of aromatic nitrogens is 1. The highest BCUT2D eigenvalue weighted by Gasteiger charge is 2.26. The molecule has 1 heterocycles. The molecular weight excluding hydrogens is 162 g/mol. The van der Waals surface area contributed by atoms with Crippen LogP contribution in [0.15, 0.2) is 18.5 Å². The zero-order valence-corrected chi connectivity index (χ0v) is 7.61. The van der Waals surface area contributed by atoms with E-state index in [-0.39, 0.29) is 6.04 Å². The first-order valence-electron chi connectivity index (χ1n) is 4.74. The Morgan fingerprint density at radius 2 is 2.23 bits per heavy atom. The number of hydrogen-bond acceptors (Lipinski definition) is 3. The summed E-state index contributed by atoms with van der Waals surface area (Å²) < 4.78 is 0. The maximum Gasteiger partial charge on any atom is 0.0393 e. The minimum Gasteiger partial charge on any atom is -0.398 e. The Morgan fingerprint density at radius 3 is 2.77 bits per heavy atom. The van der Waals surface area contributed by atoms with Crippen LogP contribution in [0.25, 0.3) is 0 Å². The van der Waals surface area contributed by atoms with Gasteiger partial charge in [-0.25, -0.2) is 0 Å². The predicted octanol–water partition coefficient (Wildman–Crippen LogP) is 1.46. The molecule has 1 unspecified atom stereocenters. The van der Waals surface area contributed by atoms with E-state index in [9.17, 15) is 0 Å². The Hall–Kier alpha value is -1.09. The standard InChI is InChI=1S/C10H15N3/c11-9-4-5-13-6-8(9)10(12)7-2-1-3-7/h4-7,10H,1-3,12H2,(H2,11,13). The van der Waals surface area contributed by atoms with Crippen molar-refractivity contribution >= 4 is 5.69 Å². The Morgan fingerprint density at radius 1 is 1.46 bits per heavy atom. The summed E-state index contributed by atoms with van der Waals surface area (Å²) in [6, 6.07) is 1.90. The summed E-state index contributed by atoms with van der Waals surface area (Å²) in [7, 11) is 0. The molecule has 1 aromatic heterocycles. The lowest BCUT2D eigenvalue weighted by molar-refractivity contribution is 0.264. The molecule has 3 nitrogen and oxygen atoms in total. The van der Waals surface area contributed by atoms with Gasteiger partial charge in [0, 0.05) is 29.7 Å². The zero-order valence-electron chi connectivity index (χ0n) is 7.61. The number of nitrogen functional groups attached to an aromatic ring is 1. The number of anilines is 1. The zero-order chi connectivity index (χ0) is 9.26. The van der Waals surface area contributed by atoms with Gasteiger partial charge < -0.3 is 11.5 Å². The molecule has 1 aliphatic rings. The molecule has 70 valence electrons. The van der Waals surface area contributed by atoms with Gasteiger partial charge in [0.05, 0.1) is 0 Å². The van der Waals surface area contributed by atoms with Gasteiger partial charge in [-0.1, -0.05) is 6.42 Å². The summed E-state index contributed by atoms with van der Waals surface area (Å²) in [5, 5.41) is 0. The molecular formula is C10H15N3. The third-order valence-electron chi connectivity index (χ3n) is 2.90. The van der Waals surface area contributed by atoms with Crippen LogP contribution in [-0.2, 0) is 0 Å². The average molecular weight is 177 g/mol. The molecule has 0 saturated heterocycles. The van der Waals surface area contributed by atoms with E-state index in [2.05, 4.69) is 4.98 Å². The van der Waals surface area contributed by atoms with Crippen molar-refractivity contribution in [3.05, 3.63) is 24.0 Å². The Labute approximate surface area is 78.1 Å². The summed E-state index contributed by atoms with van der Waals surface area (Å²) in [6.45, 7) is 0. The summed E-state index contributed by atoms with van der Waals surface area (Å²) in [6.07, 6.45) is 7.26. The van der Waals surface area contributed by atoms with E-state index in [0.717, 1.165) is 11.3 Å². The number of nitrogens with two attached hydrogens (primary N) is 2. The van der Waals surface area contributed by atoms with E-state index < -0.39 is 0 Å². The molecule has 0 amide bonds. The molecule has 0 radical (unpaired) electrons. The largest absolute Gasteiger partial charge is 0.398 e. The maximum atomic E-state index is 6.08. The van der Waals surface area contributed by atoms with E-state index in [4.69, 9.17) is 11.5 Å². The Bertz CT molecular complexity index is 294. The fourth-order valence-corrected chi connectivity index (χ4v) is 1.75. The quantitative estimate of drug-likeness (QED) is 0.718. The highest BCUT2D eigenvalue weighted by atomic mass is 14.7. The van der Waals surface area contributed by atoms with Crippen LogP contribution in [0.3, 0.4) is 0 Å². The Balaban J connectivity index is 2.18. The van der Waals surface area contributed by atoms with Gasteiger partial charge in [0.15, 0.2) is 0 Å². The minimum absolute atomic E-state index is 0.0856. The second kappa shape index (κ2) is 3.34. The molecule has 4 N–H and O–H groups in total. The van der Waals surface area contributed by atoms with Gasteiger partial charge in [-0.15, -0.1) is 0 Å². The van der Waals surface area contributed by atoms with Crippen molar-refractivity contribution in [3.63, 3.8) is 0 Å².